The lowest BCUT2D eigenvalue weighted by Gasteiger charge is -2.40. The Bertz CT molecular complexity index is 930. The summed E-state index contributed by atoms with van der Waals surface area (Å²) in [5.74, 6) is -0.0937. The van der Waals surface area contributed by atoms with E-state index in [4.69, 9.17) is 16.3 Å². The largest absolute Gasteiger partial charge is 0.446 e. The van der Waals surface area contributed by atoms with Crippen molar-refractivity contribution in [2.45, 2.75) is 44.7 Å². The lowest BCUT2D eigenvalue weighted by atomic mass is 10.0. The molecule has 0 saturated heterocycles. The Balaban J connectivity index is 2.14. The topological polar surface area (TPSA) is 49.9 Å². The van der Waals surface area contributed by atoms with E-state index in [1.54, 1.807) is 27.6 Å². The number of carbonyl (C=O) groups excluding carboxylic acids is 2. The number of halogens is 1. The molecule has 1 heterocycles. The fourth-order valence-electron chi connectivity index (χ4n) is 3.55. The fourth-order valence-corrected chi connectivity index (χ4v) is 4.23. The summed E-state index contributed by atoms with van der Waals surface area (Å²) >= 11 is 8.29. The Morgan fingerprint density at radius 2 is 1.83 bits per heavy atom. The maximum absolute atomic E-state index is 12.8. The number of thioether (sulfide) groups is 1. The molecule has 7 heteroatoms. The third-order valence-electron chi connectivity index (χ3n) is 4.80. The Morgan fingerprint density at radius 3 is 2.38 bits per heavy atom. The molecule has 0 bridgehead atoms. The van der Waals surface area contributed by atoms with Crippen LogP contribution in [-0.2, 0) is 9.53 Å². The predicted octanol–water partition coefficient (Wildman–Crippen LogP) is 5.84. The van der Waals surface area contributed by atoms with Gasteiger partial charge in [0.25, 0.3) is 0 Å². The summed E-state index contributed by atoms with van der Waals surface area (Å²) in [5, 5.41) is 0.526. The highest BCUT2D eigenvalue weighted by Crippen LogP contribution is 2.43. The molecule has 29 heavy (non-hydrogen) atoms. The summed E-state index contributed by atoms with van der Waals surface area (Å²) in [6.07, 6.45) is 1.36. The van der Waals surface area contributed by atoms with Crippen molar-refractivity contribution in [1.29, 1.82) is 0 Å². The average Bonchev–Trinajstić information content (AvgIpc) is 2.66. The minimum absolute atomic E-state index is 0.0937. The van der Waals surface area contributed by atoms with E-state index in [-0.39, 0.29) is 18.1 Å². The predicted molar refractivity (Wildman–Crippen MR) is 120 cm³/mol. The number of hydrogen-bond donors (Lipinski definition) is 0. The van der Waals surface area contributed by atoms with E-state index in [0.717, 1.165) is 16.0 Å². The standard InChI is InChI=1S/C22H25ClN2O3S/c1-13(2)28-22(27)24-12-14(3)25(15(4)26)21-11-19(23)18(10-20(21)24)16-6-8-17(29-5)9-7-16/h6-11,13-14H,12H2,1-5H3. The molecule has 1 unspecified atom stereocenters. The van der Waals surface area contributed by atoms with Crippen LogP contribution in [0.25, 0.3) is 11.1 Å². The van der Waals surface area contributed by atoms with Crippen molar-refractivity contribution in [3.63, 3.8) is 0 Å². The minimum Gasteiger partial charge on any atom is -0.446 e. The molecule has 2 aromatic carbocycles. The molecule has 2 aromatic rings. The van der Waals surface area contributed by atoms with Crippen LogP contribution in [0.5, 0.6) is 0 Å². The number of benzene rings is 2. The van der Waals surface area contributed by atoms with Crippen LogP contribution in [-0.4, -0.2) is 36.9 Å². The molecule has 2 amide bonds. The fraction of sp³-hybridized carbons (Fsp3) is 0.364. The van der Waals surface area contributed by atoms with Crippen molar-refractivity contribution in [1.82, 2.24) is 0 Å². The number of anilines is 2. The first-order valence-electron chi connectivity index (χ1n) is 9.48. The van der Waals surface area contributed by atoms with E-state index in [1.807, 2.05) is 57.4 Å². The van der Waals surface area contributed by atoms with Gasteiger partial charge in [0.2, 0.25) is 5.91 Å². The van der Waals surface area contributed by atoms with Gasteiger partial charge >= 0.3 is 6.09 Å². The van der Waals surface area contributed by atoms with Crippen LogP contribution in [0.4, 0.5) is 16.2 Å². The number of ether oxygens (including phenoxy) is 1. The second kappa shape index (κ2) is 8.67. The van der Waals surface area contributed by atoms with Crippen molar-refractivity contribution in [3.05, 3.63) is 41.4 Å². The van der Waals surface area contributed by atoms with E-state index in [0.29, 0.717) is 22.9 Å². The number of fused-ring (bicyclic) bond motifs is 1. The molecular formula is C22H25ClN2O3S. The van der Waals surface area contributed by atoms with Gasteiger partial charge in [-0.25, -0.2) is 4.79 Å². The molecule has 0 aliphatic carbocycles. The van der Waals surface area contributed by atoms with Crippen LogP contribution in [0, 0.1) is 0 Å². The second-order valence-electron chi connectivity index (χ2n) is 7.33. The zero-order valence-electron chi connectivity index (χ0n) is 17.2. The number of hydrogen-bond acceptors (Lipinski definition) is 4. The quantitative estimate of drug-likeness (QED) is 0.572. The van der Waals surface area contributed by atoms with Gasteiger partial charge in [-0.3, -0.25) is 9.69 Å². The minimum atomic E-state index is -0.428. The molecule has 0 aromatic heterocycles. The van der Waals surface area contributed by atoms with Gasteiger partial charge in [-0.2, -0.15) is 0 Å². The molecule has 0 fully saturated rings. The first kappa shape index (κ1) is 21.5. The molecule has 0 spiro atoms. The van der Waals surface area contributed by atoms with Gasteiger partial charge < -0.3 is 9.64 Å². The lowest BCUT2D eigenvalue weighted by Crippen LogP contribution is -2.51. The van der Waals surface area contributed by atoms with Crippen molar-refractivity contribution in [3.8, 4) is 11.1 Å². The first-order chi connectivity index (χ1) is 13.7. The second-order valence-corrected chi connectivity index (χ2v) is 8.62. The molecule has 0 saturated carbocycles. The number of carbonyl (C=O) groups is 2. The maximum atomic E-state index is 12.8. The zero-order chi connectivity index (χ0) is 21.3. The summed E-state index contributed by atoms with van der Waals surface area (Å²) < 4.78 is 5.44. The van der Waals surface area contributed by atoms with Gasteiger partial charge in [0.1, 0.15) is 0 Å². The van der Waals surface area contributed by atoms with Crippen molar-refractivity contribution in [2.24, 2.45) is 0 Å². The van der Waals surface area contributed by atoms with Gasteiger partial charge in [-0.15, -0.1) is 11.8 Å². The molecule has 5 nitrogen and oxygen atoms in total. The Labute approximate surface area is 181 Å². The van der Waals surface area contributed by atoms with Crippen LogP contribution in [0.15, 0.2) is 41.3 Å². The molecule has 1 aliphatic heterocycles. The third kappa shape index (κ3) is 4.38. The van der Waals surface area contributed by atoms with Gasteiger partial charge in [0.05, 0.1) is 28.5 Å². The Kier molecular flexibility index (Phi) is 6.44. The highest BCUT2D eigenvalue weighted by molar-refractivity contribution is 7.98. The summed E-state index contributed by atoms with van der Waals surface area (Å²) in [6, 6.07) is 11.5. The monoisotopic (exact) mass is 432 g/mol. The molecular weight excluding hydrogens is 408 g/mol. The van der Waals surface area contributed by atoms with Gasteiger partial charge in [0.15, 0.2) is 0 Å². The SMILES string of the molecule is CSc1ccc(-c2cc3c(cc2Cl)N(C(C)=O)C(C)CN3C(=O)OC(C)C)cc1. The van der Waals surface area contributed by atoms with Gasteiger partial charge in [-0.1, -0.05) is 23.7 Å². The Hall–Kier alpha value is -2.18. The number of amides is 2. The van der Waals surface area contributed by atoms with Crippen LogP contribution in [0.2, 0.25) is 5.02 Å². The van der Waals surface area contributed by atoms with Crippen molar-refractivity contribution < 1.29 is 14.3 Å². The third-order valence-corrected chi connectivity index (χ3v) is 5.86. The molecule has 3 rings (SSSR count). The summed E-state index contributed by atoms with van der Waals surface area (Å²) in [7, 11) is 0. The number of rotatable bonds is 3. The average molecular weight is 433 g/mol. The smallest absolute Gasteiger partial charge is 0.414 e. The van der Waals surface area contributed by atoms with Gasteiger partial charge in [0, 0.05) is 23.9 Å². The van der Waals surface area contributed by atoms with Crippen molar-refractivity contribution in [2.75, 3.05) is 22.6 Å². The van der Waals surface area contributed by atoms with Crippen LogP contribution in [0.1, 0.15) is 27.7 Å². The summed E-state index contributed by atoms with van der Waals surface area (Å²) in [5.41, 5.74) is 2.99. The van der Waals surface area contributed by atoms with Gasteiger partial charge in [-0.05, 0) is 56.9 Å². The zero-order valence-corrected chi connectivity index (χ0v) is 18.8. The maximum Gasteiger partial charge on any atom is 0.414 e. The molecule has 1 aliphatic rings. The highest BCUT2D eigenvalue weighted by Gasteiger charge is 2.35. The van der Waals surface area contributed by atoms with Crippen LogP contribution >= 0.6 is 23.4 Å². The van der Waals surface area contributed by atoms with Crippen molar-refractivity contribution >= 4 is 46.7 Å². The van der Waals surface area contributed by atoms with E-state index in [9.17, 15) is 9.59 Å². The lowest BCUT2D eigenvalue weighted by molar-refractivity contribution is -0.117. The molecule has 154 valence electrons. The Morgan fingerprint density at radius 1 is 1.17 bits per heavy atom. The van der Waals surface area contributed by atoms with E-state index in [2.05, 4.69) is 0 Å². The van der Waals surface area contributed by atoms with Crippen LogP contribution in [0.3, 0.4) is 0 Å². The van der Waals surface area contributed by atoms with E-state index < -0.39 is 6.09 Å². The van der Waals surface area contributed by atoms with E-state index in [1.165, 1.54) is 6.92 Å². The number of nitrogens with zero attached hydrogens (tertiary/aromatic N) is 2. The highest BCUT2D eigenvalue weighted by atomic mass is 35.5. The normalized spacial score (nSPS) is 16.0. The molecule has 0 radical (unpaired) electrons. The first-order valence-corrected chi connectivity index (χ1v) is 11.1. The van der Waals surface area contributed by atoms with E-state index >= 15 is 0 Å². The molecule has 1 atom stereocenters. The molecule has 0 N–H and O–H groups in total. The summed E-state index contributed by atoms with van der Waals surface area (Å²) in [6.45, 7) is 7.40. The summed E-state index contributed by atoms with van der Waals surface area (Å²) in [4.78, 5) is 29.5. The van der Waals surface area contributed by atoms with Crippen LogP contribution < -0.4 is 9.80 Å².